The van der Waals surface area contributed by atoms with E-state index in [0.717, 1.165) is 11.3 Å². The average molecular weight is 750 g/mol. The number of carbonyl (C=O) groups is 3. The number of esters is 1. The van der Waals surface area contributed by atoms with Crippen molar-refractivity contribution >= 4 is 47.1 Å². The third kappa shape index (κ3) is 10.1. The minimum atomic E-state index is -1.05. The number of rotatable bonds is 14. The van der Waals surface area contributed by atoms with Crippen LogP contribution in [0.25, 0.3) is 0 Å². The van der Waals surface area contributed by atoms with Gasteiger partial charge >= 0.3 is 12.1 Å². The van der Waals surface area contributed by atoms with Crippen LogP contribution >= 0.6 is 11.8 Å². The predicted octanol–water partition coefficient (Wildman–Crippen LogP) is 3.97. The third-order valence-electron chi connectivity index (χ3n) is 9.04. The van der Waals surface area contributed by atoms with Gasteiger partial charge in [-0.15, -0.1) is 0 Å². The molecule has 2 saturated heterocycles. The number of nitro groups is 2. The van der Waals surface area contributed by atoms with Gasteiger partial charge in [0.25, 0.3) is 11.4 Å². The zero-order valence-corrected chi connectivity index (χ0v) is 29.6. The van der Waals surface area contributed by atoms with Crippen molar-refractivity contribution < 1.29 is 38.4 Å². The molecule has 5 rings (SSSR count). The predicted molar refractivity (Wildman–Crippen MR) is 193 cm³/mol. The molecule has 53 heavy (non-hydrogen) atoms. The van der Waals surface area contributed by atoms with Crippen LogP contribution in [0.4, 0.5) is 16.2 Å². The Morgan fingerprint density at radius 3 is 2.02 bits per heavy atom. The second kappa shape index (κ2) is 17.5. The van der Waals surface area contributed by atoms with Gasteiger partial charge in [0.1, 0.15) is 31.0 Å². The lowest BCUT2D eigenvalue weighted by Gasteiger charge is -2.28. The number of guanidine groups is 1. The molecule has 18 heteroatoms. The number of hydrogen-bond donors (Lipinski definition) is 3. The number of thioether (sulfide) groups is 1. The molecule has 4 N–H and O–H groups in total. The van der Waals surface area contributed by atoms with Crippen molar-refractivity contribution in [3.05, 3.63) is 110 Å². The van der Waals surface area contributed by atoms with Crippen LogP contribution in [0, 0.1) is 31.6 Å². The van der Waals surface area contributed by atoms with Gasteiger partial charge in [0, 0.05) is 60.8 Å². The van der Waals surface area contributed by atoms with E-state index >= 15 is 0 Å². The highest BCUT2D eigenvalue weighted by molar-refractivity contribution is 7.99. The summed E-state index contributed by atoms with van der Waals surface area (Å²) in [4.78, 5) is 64.8. The number of hydrogen-bond acceptors (Lipinski definition) is 12. The molecular weight excluding hydrogens is 710 g/mol. The lowest BCUT2D eigenvalue weighted by atomic mass is 9.99. The number of ether oxygens (including phenoxy) is 3. The Labute approximate surface area is 308 Å². The molecule has 0 aliphatic carbocycles. The number of nitrogens with one attached hydrogen (secondary N) is 2. The van der Waals surface area contributed by atoms with Crippen LogP contribution in [-0.4, -0.2) is 87.7 Å². The van der Waals surface area contributed by atoms with Crippen LogP contribution in [0.5, 0.6) is 5.75 Å². The first kappa shape index (κ1) is 38.3. The highest BCUT2D eigenvalue weighted by Gasteiger charge is 2.45. The topological polar surface area (TPSA) is 234 Å². The van der Waals surface area contributed by atoms with Crippen molar-refractivity contribution in [2.24, 2.45) is 11.7 Å². The molecule has 0 radical (unpaired) electrons. The van der Waals surface area contributed by atoms with E-state index in [2.05, 4.69) is 5.32 Å². The van der Waals surface area contributed by atoms with Gasteiger partial charge in [0.2, 0.25) is 5.91 Å². The quantitative estimate of drug-likeness (QED) is 0.0697. The number of nitrogens with zero attached hydrogens (tertiary/aromatic N) is 4. The number of amides is 2. The number of methoxy groups -OCH3 is 1. The summed E-state index contributed by atoms with van der Waals surface area (Å²) in [5.74, 6) is -0.584. The molecule has 0 bridgehead atoms. The van der Waals surface area contributed by atoms with E-state index in [1.807, 2.05) is 24.3 Å². The lowest BCUT2D eigenvalue weighted by Crippen LogP contribution is -2.51. The molecule has 3 aromatic rings. The van der Waals surface area contributed by atoms with Crippen LogP contribution in [0.2, 0.25) is 0 Å². The largest absolute Gasteiger partial charge is 0.497 e. The van der Waals surface area contributed by atoms with E-state index in [9.17, 15) is 34.6 Å². The van der Waals surface area contributed by atoms with Gasteiger partial charge < -0.3 is 30.2 Å². The number of carbonyl (C=O) groups excluding carboxylic acids is 3. The first-order chi connectivity index (χ1) is 25.4. The number of benzene rings is 3. The lowest BCUT2D eigenvalue weighted by molar-refractivity contribution is -0.385. The maximum absolute atomic E-state index is 14.1. The Hall–Kier alpha value is -5.91. The van der Waals surface area contributed by atoms with Crippen molar-refractivity contribution in [3.63, 3.8) is 0 Å². The first-order valence-electron chi connectivity index (χ1n) is 16.6. The summed E-state index contributed by atoms with van der Waals surface area (Å²) in [5, 5.41) is 32.3. The minimum absolute atomic E-state index is 0.0931. The van der Waals surface area contributed by atoms with Crippen LogP contribution in [0.1, 0.15) is 29.5 Å². The fourth-order valence-corrected chi connectivity index (χ4v) is 7.40. The van der Waals surface area contributed by atoms with Gasteiger partial charge in [-0.25, -0.2) is 9.59 Å². The van der Waals surface area contributed by atoms with Crippen LogP contribution < -0.4 is 15.8 Å². The van der Waals surface area contributed by atoms with Gasteiger partial charge in [0.15, 0.2) is 5.96 Å². The smallest absolute Gasteiger partial charge is 0.410 e. The molecule has 2 aliphatic heterocycles. The van der Waals surface area contributed by atoms with Crippen molar-refractivity contribution in [1.29, 1.82) is 5.41 Å². The Morgan fingerprint density at radius 1 is 0.906 bits per heavy atom. The zero-order chi connectivity index (χ0) is 38.1. The minimum Gasteiger partial charge on any atom is -0.497 e. The van der Waals surface area contributed by atoms with E-state index in [1.54, 1.807) is 23.8 Å². The fraction of sp³-hybridized carbons (Fsp3) is 0.371. The summed E-state index contributed by atoms with van der Waals surface area (Å²) < 4.78 is 16.3. The number of non-ortho nitro benzene ring substituents is 2. The standard InChI is InChI=1S/C35H39N7O10S/c1-50-28-12-6-24(7-13-28)21-53-29-16-30(40(18-29)35(45)52-20-23-4-10-27(11-5-23)42(48)49)32(43)39-15-14-25(17-39)31(38-34(36)37)33(44)51-19-22-2-8-26(9-3-22)41(46)47/h2-13,25,29-31H,14-21H2,1H3,(H4,36,37,38)/t25-,29-,30-,31?/m0/s1. The van der Waals surface area contributed by atoms with E-state index in [0.29, 0.717) is 29.7 Å². The number of nitrogens with two attached hydrogens (primary N) is 1. The van der Waals surface area contributed by atoms with E-state index < -0.39 is 45.9 Å². The molecule has 0 aromatic heterocycles. The van der Waals surface area contributed by atoms with E-state index in [-0.39, 0.29) is 55.4 Å². The maximum atomic E-state index is 14.1. The number of likely N-dealkylation sites (tertiary alicyclic amines) is 2. The second-order valence-corrected chi connectivity index (χ2v) is 13.9. The van der Waals surface area contributed by atoms with Gasteiger partial charge in [-0.2, -0.15) is 11.8 Å². The number of nitro benzene ring substituents is 2. The van der Waals surface area contributed by atoms with Crippen molar-refractivity contribution in [3.8, 4) is 5.75 Å². The van der Waals surface area contributed by atoms with Gasteiger partial charge in [-0.05, 0) is 65.9 Å². The maximum Gasteiger partial charge on any atom is 0.410 e. The zero-order valence-electron chi connectivity index (χ0n) is 28.8. The third-order valence-corrected chi connectivity index (χ3v) is 10.4. The summed E-state index contributed by atoms with van der Waals surface area (Å²) in [7, 11) is 1.59. The molecule has 17 nitrogen and oxygen atoms in total. The molecule has 4 atom stereocenters. The summed E-state index contributed by atoms with van der Waals surface area (Å²) in [6.45, 7) is 0.335. The molecule has 2 amide bonds. The van der Waals surface area contributed by atoms with Crippen molar-refractivity contribution in [1.82, 2.24) is 15.1 Å². The first-order valence-corrected chi connectivity index (χ1v) is 17.7. The summed E-state index contributed by atoms with van der Waals surface area (Å²) in [6, 6.07) is 16.9. The molecular formula is C35H39N7O10S. The van der Waals surface area contributed by atoms with Gasteiger partial charge in [-0.1, -0.05) is 12.1 Å². The highest BCUT2D eigenvalue weighted by Crippen LogP contribution is 2.33. The van der Waals surface area contributed by atoms with Crippen LogP contribution in [0.15, 0.2) is 72.8 Å². The molecule has 1 unspecified atom stereocenters. The summed E-state index contributed by atoms with van der Waals surface area (Å²) >= 11 is 1.61. The molecule has 2 heterocycles. The molecule has 2 fully saturated rings. The summed E-state index contributed by atoms with van der Waals surface area (Å²) in [6.07, 6.45) is 0.0480. The van der Waals surface area contributed by atoms with Crippen molar-refractivity contribution in [2.75, 3.05) is 26.7 Å². The summed E-state index contributed by atoms with van der Waals surface area (Å²) in [5.41, 5.74) is 7.53. The molecule has 280 valence electrons. The monoisotopic (exact) mass is 749 g/mol. The molecule has 3 aromatic carbocycles. The second-order valence-electron chi connectivity index (χ2n) is 12.6. The van der Waals surface area contributed by atoms with E-state index in [1.165, 1.54) is 53.4 Å². The van der Waals surface area contributed by atoms with Gasteiger partial charge in [-0.3, -0.25) is 35.3 Å². The van der Waals surface area contributed by atoms with Crippen LogP contribution in [-0.2, 0) is 38.0 Å². The fourth-order valence-electron chi connectivity index (χ4n) is 6.20. The normalized spacial score (nSPS) is 18.5. The average Bonchev–Trinajstić information content (AvgIpc) is 3.83. The Kier molecular flexibility index (Phi) is 12.7. The Balaban J connectivity index is 1.25. The van der Waals surface area contributed by atoms with Gasteiger partial charge in [0.05, 0.1) is 17.0 Å². The molecule has 2 aliphatic rings. The van der Waals surface area contributed by atoms with E-state index in [4.69, 9.17) is 25.4 Å². The Bertz CT molecular complexity index is 1810. The molecule has 0 saturated carbocycles. The van der Waals surface area contributed by atoms with Crippen LogP contribution in [0.3, 0.4) is 0 Å². The van der Waals surface area contributed by atoms with Crippen molar-refractivity contribution in [2.45, 2.75) is 49.1 Å². The Morgan fingerprint density at radius 2 is 1.47 bits per heavy atom. The molecule has 0 spiro atoms. The SMILES string of the molecule is COc1ccc(CS[C@H]2C[C@@H](C(=O)N3CC[C@H](C(NC(=N)N)C(=O)OCc4ccc([N+](=O)[O-])cc4)C3)N(C(=O)OCc3ccc([N+](=O)[O-])cc3)C2)cc1. The highest BCUT2D eigenvalue weighted by atomic mass is 32.2.